The highest BCUT2D eigenvalue weighted by atomic mass is 16.5. The van der Waals surface area contributed by atoms with Crippen LogP contribution in [0.15, 0.2) is 84.9 Å². The summed E-state index contributed by atoms with van der Waals surface area (Å²) in [5, 5.41) is 5.85. The monoisotopic (exact) mass is 532 g/mol. The second-order valence-corrected chi connectivity index (χ2v) is 10.0. The summed E-state index contributed by atoms with van der Waals surface area (Å²) in [6, 6.07) is 27.7. The molecular weight excluding hydrogens is 500 g/mol. The minimum Gasteiger partial charge on any atom is -0.497 e. The molecule has 0 spiro atoms. The topological polar surface area (TPSA) is 76.4 Å². The van der Waals surface area contributed by atoms with Gasteiger partial charge in [-0.2, -0.15) is 5.10 Å². The van der Waals surface area contributed by atoms with Gasteiger partial charge in [-0.1, -0.05) is 54.6 Å². The van der Waals surface area contributed by atoms with Crippen LogP contribution in [0.1, 0.15) is 33.9 Å². The molecule has 0 N–H and O–H groups in total. The third-order valence-corrected chi connectivity index (χ3v) is 7.33. The van der Waals surface area contributed by atoms with E-state index in [0.717, 1.165) is 52.6 Å². The Bertz CT molecular complexity index is 1630. The van der Waals surface area contributed by atoms with Crippen LogP contribution in [-0.4, -0.2) is 63.8 Å². The predicted octanol–water partition coefficient (Wildman–Crippen LogP) is 5.08. The molecular formula is C32H32N6O2. The molecule has 0 unspecified atom stereocenters. The van der Waals surface area contributed by atoms with Crippen molar-refractivity contribution in [2.45, 2.75) is 19.8 Å². The van der Waals surface area contributed by atoms with Crippen LogP contribution in [-0.2, 0) is 6.42 Å². The second-order valence-electron chi connectivity index (χ2n) is 10.0. The number of benzene rings is 3. The summed E-state index contributed by atoms with van der Waals surface area (Å²) in [6.45, 7) is 4.75. The van der Waals surface area contributed by atoms with Crippen molar-refractivity contribution in [2.75, 3.05) is 38.2 Å². The lowest BCUT2D eigenvalue weighted by Gasteiger charge is -2.24. The van der Waals surface area contributed by atoms with E-state index in [2.05, 4.69) is 17.0 Å². The van der Waals surface area contributed by atoms with Crippen LogP contribution in [0, 0.1) is 6.92 Å². The first-order valence-corrected chi connectivity index (χ1v) is 13.6. The largest absolute Gasteiger partial charge is 0.497 e. The zero-order valence-corrected chi connectivity index (χ0v) is 22.8. The van der Waals surface area contributed by atoms with Crippen molar-refractivity contribution in [3.63, 3.8) is 0 Å². The van der Waals surface area contributed by atoms with Crippen LogP contribution in [0.25, 0.3) is 16.7 Å². The Kier molecular flexibility index (Phi) is 7.14. The minimum atomic E-state index is 0.0198. The number of fused-ring (bicyclic) bond motifs is 1. The minimum absolute atomic E-state index is 0.0198. The molecule has 2 aromatic heterocycles. The molecule has 0 aliphatic carbocycles. The maximum Gasteiger partial charge on any atom is 0.254 e. The molecule has 5 aromatic rings. The Balaban J connectivity index is 1.36. The Hall–Kier alpha value is -4.72. The Morgan fingerprint density at radius 3 is 2.42 bits per heavy atom. The van der Waals surface area contributed by atoms with Crippen LogP contribution < -0.4 is 9.64 Å². The Labute approximate surface area is 233 Å². The molecule has 40 heavy (non-hydrogen) atoms. The van der Waals surface area contributed by atoms with E-state index in [-0.39, 0.29) is 5.91 Å². The number of anilines is 1. The zero-order chi connectivity index (χ0) is 27.5. The molecule has 1 fully saturated rings. The van der Waals surface area contributed by atoms with Crippen molar-refractivity contribution < 1.29 is 9.53 Å². The number of hydrogen-bond acceptors (Lipinski definition) is 6. The van der Waals surface area contributed by atoms with Gasteiger partial charge in [0.2, 0.25) is 0 Å². The first-order chi connectivity index (χ1) is 19.6. The van der Waals surface area contributed by atoms with Crippen molar-refractivity contribution >= 4 is 22.8 Å². The number of aryl methyl sites for hydroxylation is 1. The van der Waals surface area contributed by atoms with Crippen LogP contribution in [0.4, 0.5) is 5.82 Å². The first-order valence-electron chi connectivity index (χ1n) is 13.6. The number of nitrogens with zero attached hydrogens (tertiary/aromatic N) is 6. The molecule has 0 atom stereocenters. The summed E-state index contributed by atoms with van der Waals surface area (Å²) in [5.41, 5.74) is 4.44. The smallest absolute Gasteiger partial charge is 0.254 e. The quantitative estimate of drug-likeness (QED) is 0.304. The fraction of sp³-hybridized carbons (Fsp3) is 0.250. The summed E-state index contributed by atoms with van der Waals surface area (Å²) in [7, 11) is 1.61. The molecule has 1 amide bonds. The van der Waals surface area contributed by atoms with Crippen molar-refractivity contribution in [3.8, 4) is 11.4 Å². The number of carbonyl (C=O) groups is 1. The summed E-state index contributed by atoms with van der Waals surface area (Å²) in [6.07, 6.45) is 1.46. The molecule has 202 valence electrons. The Morgan fingerprint density at radius 2 is 1.65 bits per heavy atom. The second kappa shape index (κ2) is 11.2. The van der Waals surface area contributed by atoms with Gasteiger partial charge in [-0.15, -0.1) is 0 Å². The van der Waals surface area contributed by atoms with E-state index >= 15 is 0 Å². The van der Waals surface area contributed by atoms with Crippen molar-refractivity contribution in [3.05, 3.63) is 108 Å². The molecule has 3 aromatic carbocycles. The average Bonchev–Trinajstić information content (AvgIpc) is 3.16. The highest BCUT2D eigenvalue weighted by Gasteiger charge is 2.25. The third kappa shape index (κ3) is 5.12. The van der Waals surface area contributed by atoms with E-state index < -0.39 is 0 Å². The van der Waals surface area contributed by atoms with Gasteiger partial charge in [0.15, 0.2) is 5.65 Å². The van der Waals surface area contributed by atoms with Gasteiger partial charge < -0.3 is 14.5 Å². The number of amides is 1. The van der Waals surface area contributed by atoms with Crippen LogP contribution >= 0.6 is 0 Å². The molecule has 1 saturated heterocycles. The zero-order valence-electron chi connectivity index (χ0n) is 22.8. The Morgan fingerprint density at radius 1 is 0.875 bits per heavy atom. The average molecular weight is 533 g/mol. The van der Waals surface area contributed by atoms with E-state index in [1.54, 1.807) is 13.2 Å². The summed E-state index contributed by atoms with van der Waals surface area (Å²) in [4.78, 5) is 27.7. The maximum atomic E-state index is 13.4. The molecule has 0 bridgehead atoms. The highest BCUT2D eigenvalue weighted by molar-refractivity contribution is 5.95. The lowest BCUT2D eigenvalue weighted by atomic mass is 10.1. The van der Waals surface area contributed by atoms with Gasteiger partial charge in [0, 0.05) is 38.2 Å². The van der Waals surface area contributed by atoms with Gasteiger partial charge in [0.1, 0.15) is 17.4 Å². The van der Waals surface area contributed by atoms with Crippen molar-refractivity contribution in [2.24, 2.45) is 0 Å². The summed E-state index contributed by atoms with van der Waals surface area (Å²) in [5.74, 6) is 2.33. The van der Waals surface area contributed by atoms with Crippen molar-refractivity contribution in [1.82, 2.24) is 24.6 Å². The van der Waals surface area contributed by atoms with E-state index in [1.807, 2.05) is 83.2 Å². The standard InChI is InChI=1S/C32H32N6O2/c1-23-29-30(36-17-10-18-37(20-19-36)32(39)25-13-9-16-27(22-25)40-2)33-28(21-24-11-5-3-6-12-24)34-31(29)38(35-23)26-14-7-4-8-15-26/h3-9,11-16,22H,10,17-21H2,1-2H3. The number of aromatic nitrogens is 4. The SMILES string of the molecule is COc1cccc(C(=O)N2CCCN(c3nc(Cc4ccccc4)nc4c3c(C)nn4-c3ccccc3)CC2)c1. The van der Waals surface area contributed by atoms with Gasteiger partial charge in [0.05, 0.1) is 23.9 Å². The molecule has 8 nitrogen and oxygen atoms in total. The molecule has 3 heterocycles. The van der Waals surface area contributed by atoms with Gasteiger partial charge in [-0.05, 0) is 49.2 Å². The third-order valence-electron chi connectivity index (χ3n) is 7.33. The van der Waals surface area contributed by atoms with Crippen LogP contribution in [0.2, 0.25) is 0 Å². The fourth-order valence-corrected chi connectivity index (χ4v) is 5.31. The van der Waals surface area contributed by atoms with Crippen molar-refractivity contribution in [1.29, 1.82) is 0 Å². The molecule has 8 heteroatoms. The predicted molar refractivity (Wildman–Crippen MR) is 156 cm³/mol. The molecule has 0 saturated carbocycles. The fourth-order valence-electron chi connectivity index (χ4n) is 5.31. The lowest BCUT2D eigenvalue weighted by molar-refractivity contribution is 0.0766. The normalized spacial score (nSPS) is 13.8. The van der Waals surface area contributed by atoms with E-state index in [4.69, 9.17) is 19.8 Å². The van der Waals surface area contributed by atoms with E-state index in [1.165, 1.54) is 0 Å². The molecule has 1 aliphatic rings. The number of para-hydroxylation sites is 1. The lowest BCUT2D eigenvalue weighted by Crippen LogP contribution is -2.35. The molecule has 1 aliphatic heterocycles. The summed E-state index contributed by atoms with van der Waals surface area (Å²) >= 11 is 0. The molecule has 6 rings (SSSR count). The number of methoxy groups -OCH3 is 1. The van der Waals surface area contributed by atoms with Gasteiger partial charge >= 0.3 is 0 Å². The van der Waals surface area contributed by atoms with Crippen LogP contribution in [0.5, 0.6) is 5.75 Å². The van der Waals surface area contributed by atoms with Crippen LogP contribution in [0.3, 0.4) is 0 Å². The van der Waals surface area contributed by atoms with Gasteiger partial charge in [-0.25, -0.2) is 14.6 Å². The maximum absolute atomic E-state index is 13.4. The highest BCUT2D eigenvalue weighted by Crippen LogP contribution is 2.30. The number of hydrogen-bond donors (Lipinski definition) is 0. The first kappa shape index (κ1) is 25.6. The molecule has 0 radical (unpaired) electrons. The van der Waals surface area contributed by atoms with E-state index in [9.17, 15) is 4.79 Å². The van der Waals surface area contributed by atoms with Gasteiger partial charge in [0.25, 0.3) is 5.91 Å². The number of carbonyl (C=O) groups excluding carboxylic acids is 1. The summed E-state index contributed by atoms with van der Waals surface area (Å²) < 4.78 is 7.25. The number of ether oxygens (including phenoxy) is 1. The van der Waals surface area contributed by atoms with Gasteiger partial charge in [-0.3, -0.25) is 4.79 Å². The number of rotatable bonds is 6. The van der Waals surface area contributed by atoms with E-state index in [0.29, 0.717) is 37.4 Å².